The fraction of sp³-hybridized carbons (Fsp3) is 0.143. The number of aromatic nitrogens is 3. The van der Waals surface area contributed by atoms with Gasteiger partial charge in [0.15, 0.2) is 0 Å². The van der Waals surface area contributed by atoms with E-state index in [2.05, 4.69) is 198 Å². The summed E-state index contributed by atoms with van der Waals surface area (Å²) in [6.45, 7) is 9.45. The number of fused-ring (bicyclic) bond motifs is 3. The minimum Gasteiger partial charge on any atom is -0.341 e. The monoisotopic (exact) mass is 673 g/mol. The highest BCUT2D eigenvalue weighted by atomic mass is 15.0. The molecule has 254 valence electrons. The number of para-hydroxylation sites is 3. The second-order valence-electron chi connectivity index (χ2n) is 13.6. The molecule has 0 spiro atoms. The predicted octanol–water partition coefficient (Wildman–Crippen LogP) is 12.8. The zero-order valence-corrected chi connectivity index (χ0v) is 30.1. The van der Waals surface area contributed by atoms with E-state index in [9.17, 15) is 0 Å². The minimum atomic E-state index is -0.117. The van der Waals surface area contributed by atoms with Crippen LogP contribution in [0, 0.1) is 0 Å². The maximum atomic E-state index is 2.55. The molecule has 0 atom stereocenters. The van der Waals surface area contributed by atoms with Gasteiger partial charge < -0.3 is 13.7 Å². The van der Waals surface area contributed by atoms with Gasteiger partial charge in [-0.1, -0.05) is 146 Å². The average Bonchev–Trinajstić information content (AvgIpc) is 3.85. The Bertz CT molecular complexity index is 2370. The van der Waals surface area contributed by atoms with Crippen molar-refractivity contribution in [2.24, 2.45) is 0 Å². The first-order valence-electron chi connectivity index (χ1n) is 18.7. The van der Waals surface area contributed by atoms with Crippen LogP contribution in [0.3, 0.4) is 0 Å². The van der Waals surface area contributed by atoms with Gasteiger partial charge in [-0.05, 0) is 72.4 Å². The Kier molecular flexibility index (Phi) is 8.12. The lowest BCUT2D eigenvalue weighted by Crippen LogP contribution is -2.10. The first-order valence-corrected chi connectivity index (χ1v) is 18.7. The van der Waals surface area contributed by atoms with Crippen LogP contribution in [0.5, 0.6) is 0 Å². The average molecular weight is 674 g/mol. The molecule has 9 aromatic rings. The van der Waals surface area contributed by atoms with Gasteiger partial charge in [-0.25, -0.2) is 0 Å². The summed E-state index contributed by atoms with van der Waals surface area (Å²) in [5, 5.41) is 3.90. The number of benzene rings is 6. The van der Waals surface area contributed by atoms with E-state index < -0.39 is 0 Å². The van der Waals surface area contributed by atoms with E-state index >= 15 is 0 Å². The normalized spacial score (nSPS) is 11.8. The third-order valence-corrected chi connectivity index (χ3v) is 11.0. The topological polar surface area (TPSA) is 14.8 Å². The maximum absolute atomic E-state index is 2.55. The Labute approximate surface area is 306 Å². The molecule has 0 aliphatic carbocycles. The van der Waals surface area contributed by atoms with Crippen LogP contribution in [0.4, 0.5) is 0 Å². The predicted molar refractivity (Wildman–Crippen MR) is 220 cm³/mol. The summed E-state index contributed by atoms with van der Waals surface area (Å²) in [5.41, 5.74) is 15.4. The van der Waals surface area contributed by atoms with Crippen LogP contribution >= 0.6 is 0 Å². The van der Waals surface area contributed by atoms with Gasteiger partial charge in [0.1, 0.15) is 0 Å². The maximum Gasteiger partial charge on any atom is 0.0533 e. The molecular weight excluding hydrogens is 631 g/mol. The van der Waals surface area contributed by atoms with Crippen molar-refractivity contribution >= 4 is 32.7 Å². The van der Waals surface area contributed by atoms with Crippen LogP contribution in [0.2, 0.25) is 0 Å². The van der Waals surface area contributed by atoms with Crippen molar-refractivity contribution in [1.29, 1.82) is 0 Å². The third-order valence-electron chi connectivity index (χ3n) is 11.0. The molecule has 0 N–H and O–H groups in total. The second-order valence-corrected chi connectivity index (χ2v) is 13.6. The minimum absolute atomic E-state index is 0.117. The number of aryl methyl sites for hydroxylation is 3. The summed E-state index contributed by atoms with van der Waals surface area (Å²) < 4.78 is 7.65. The van der Waals surface area contributed by atoms with Crippen molar-refractivity contribution in [3.63, 3.8) is 0 Å². The molecule has 3 heteroatoms. The van der Waals surface area contributed by atoms with Gasteiger partial charge in [0.25, 0.3) is 0 Å². The SMILES string of the molecule is CCn1c(-c2ccccc2)c(C(c2c(-c3ccccc3)n(CC)c3ccccc23)c2c(-c3ccccc3)n(CC)c3ccccc23)c2ccccc21. The Morgan fingerprint density at radius 2 is 0.577 bits per heavy atom. The van der Waals surface area contributed by atoms with Crippen LogP contribution in [-0.4, -0.2) is 13.7 Å². The van der Waals surface area contributed by atoms with Gasteiger partial charge in [0.05, 0.1) is 17.1 Å². The van der Waals surface area contributed by atoms with Gasteiger partial charge in [-0.3, -0.25) is 0 Å². The molecule has 0 bridgehead atoms. The van der Waals surface area contributed by atoms with Gasteiger partial charge in [0, 0.05) is 58.3 Å². The van der Waals surface area contributed by atoms with Crippen LogP contribution in [0.1, 0.15) is 43.4 Å². The fourth-order valence-corrected chi connectivity index (χ4v) is 9.01. The van der Waals surface area contributed by atoms with Gasteiger partial charge >= 0.3 is 0 Å². The van der Waals surface area contributed by atoms with Crippen molar-refractivity contribution < 1.29 is 0 Å². The first kappa shape index (κ1) is 31.9. The molecule has 3 nitrogen and oxygen atoms in total. The number of hydrogen-bond acceptors (Lipinski definition) is 0. The standard InChI is InChI=1S/C49H43N3/c1-4-50-40-31-19-16-28-37(40)43(47(50)34-22-10-7-11-23-34)46(44-38-29-17-20-32-41(38)51(5-2)48(44)35-24-12-8-13-25-35)45-39-30-18-21-33-42(39)52(6-3)49(45)36-26-14-9-15-27-36/h7-33,46H,4-6H2,1-3H3. The van der Waals surface area contributed by atoms with E-state index in [4.69, 9.17) is 0 Å². The highest BCUT2D eigenvalue weighted by Gasteiger charge is 2.36. The molecule has 0 aliphatic heterocycles. The summed E-state index contributed by atoms with van der Waals surface area (Å²) in [6, 6.07) is 60.5. The van der Waals surface area contributed by atoms with Gasteiger partial charge in [-0.2, -0.15) is 0 Å². The molecule has 3 aromatic heterocycles. The Hall–Kier alpha value is -6.06. The molecule has 0 amide bonds. The zero-order valence-electron chi connectivity index (χ0n) is 30.1. The summed E-state index contributed by atoms with van der Waals surface area (Å²) in [4.78, 5) is 0. The van der Waals surface area contributed by atoms with Crippen molar-refractivity contribution in [2.45, 2.75) is 46.3 Å². The summed E-state index contributed by atoms with van der Waals surface area (Å²) in [6.07, 6.45) is 0. The molecule has 0 saturated carbocycles. The lowest BCUT2D eigenvalue weighted by molar-refractivity contribution is 0.786. The van der Waals surface area contributed by atoms with Crippen molar-refractivity contribution in [2.75, 3.05) is 0 Å². The van der Waals surface area contributed by atoms with E-state index in [0.717, 1.165) is 19.6 Å². The smallest absolute Gasteiger partial charge is 0.0533 e. The van der Waals surface area contributed by atoms with E-state index in [-0.39, 0.29) is 5.92 Å². The largest absolute Gasteiger partial charge is 0.341 e. The molecule has 9 rings (SSSR count). The molecule has 0 unspecified atom stereocenters. The summed E-state index contributed by atoms with van der Waals surface area (Å²) in [7, 11) is 0. The number of nitrogens with zero attached hydrogens (tertiary/aromatic N) is 3. The number of hydrogen-bond donors (Lipinski definition) is 0. The second kappa shape index (κ2) is 13.2. The fourth-order valence-electron chi connectivity index (χ4n) is 9.01. The lowest BCUT2D eigenvalue weighted by Gasteiger charge is -2.25. The Morgan fingerprint density at radius 3 is 0.846 bits per heavy atom. The van der Waals surface area contributed by atoms with Crippen LogP contribution in [0.25, 0.3) is 66.5 Å². The van der Waals surface area contributed by atoms with E-state index in [1.807, 2.05) is 0 Å². The molecule has 0 saturated heterocycles. The molecule has 52 heavy (non-hydrogen) atoms. The van der Waals surface area contributed by atoms with Gasteiger partial charge in [0.2, 0.25) is 0 Å². The Balaban J connectivity index is 1.57. The molecule has 3 heterocycles. The van der Waals surface area contributed by atoms with E-state index in [1.165, 1.54) is 83.2 Å². The number of rotatable bonds is 9. The Morgan fingerprint density at radius 1 is 0.327 bits per heavy atom. The van der Waals surface area contributed by atoms with E-state index in [1.54, 1.807) is 0 Å². The molecule has 0 radical (unpaired) electrons. The van der Waals surface area contributed by atoms with Crippen molar-refractivity contribution in [3.8, 4) is 33.8 Å². The molecule has 0 fully saturated rings. The zero-order chi connectivity index (χ0) is 35.2. The first-order chi connectivity index (χ1) is 25.7. The molecule has 0 aliphatic rings. The van der Waals surface area contributed by atoms with E-state index in [0.29, 0.717) is 0 Å². The van der Waals surface area contributed by atoms with Crippen LogP contribution in [0.15, 0.2) is 164 Å². The van der Waals surface area contributed by atoms with Crippen LogP contribution in [-0.2, 0) is 19.6 Å². The summed E-state index contributed by atoms with van der Waals surface area (Å²) in [5.74, 6) is -0.117. The highest BCUT2D eigenvalue weighted by Crippen LogP contribution is 2.53. The van der Waals surface area contributed by atoms with Crippen LogP contribution < -0.4 is 0 Å². The highest BCUT2D eigenvalue weighted by molar-refractivity contribution is 6.02. The molecular formula is C49H43N3. The quantitative estimate of drug-likeness (QED) is 0.145. The lowest BCUT2D eigenvalue weighted by atomic mass is 9.78. The third kappa shape index (κ3) is 4.87. The van der Waals surface area contributed by atoms with Crippen molar-refractivity contribution in [3.05, 3.63) is 180 Å². The molecule has 6 aromatic carbocycles. The van der Waals surface area contributed by atoms with Crippen molar-refractivity contribution in [1.82, 2.24) is 13.7 Å². The summed E-state index contributed by atoms with van der Waals surface area (Å²) >= 11 is 0. The van der Waals surface area contributed by atoms with Gasteiger partial charge in [-0.15, -0.1) is 0 Å².